The van der Waals surface area contributed by atoms with Crippen LogP contribution in [-0.2, 0) is 0 Å². The van der Waals surface area contributed by atoms with Gasteiger partial charge >= 0.3 is 0 Å². The first-order valence-corrected chi connectivity index (χ1v) is 10.7. The SMILES string of the molecule is CSc1ncccc1C(=O)Nc1nc(-c2cccc(-c3ccc(F)nc3)c2)cs1. The molecule has 3 aromatic heterocycles. The number of benzene rings is 1. The molecule has 1 amide bonds. The average molecular weight is 423 g/mol. The van der Waals surface area contributed by atoms with Crippen molar-refractivity contribution < 1.29 is 9.18 Å². The van der Waals surface area contributed by atoms with E-state index in [0.717, 1.165) is 22.4 Å². The third-order valence-electron chi connectivity index (χ3n) is 4.15. The molecule has 1 N–H and O–H groups in total. The molecule has 0 atom stereocenters. The topological polar surface area (TPSA) is 67.8 Å². The van der Waals surface area contributed by atoms with Gasteiger partial charge in [0.2, 0.25) is 5.95 Å². The van der Waals surface area contributed by atoms with Gasteiger partial charge in [0.15, 0.2) is 5.13 Å². The molecule has 4 aromatic rings. The van der Waals surface area contributed by atoms with Gasteiger partial charge in [0.05, 0.1) is 11.3 Å². The summed E-state index contributed by atoms with van der Waals surface area (Å²) in [6.45, 7) is 0. The van der Waals surface area contributed by atoms with Crippen LogP contribution in [0.15, 0.2) is 71.3 Å². The minimum atomic E-state index is -0.511. The van der Waals surface area contributed by atoms with E-state index < -0.39 is 5.95 Å². The monoisotopic (exact) mass is 422 g/mol. The first-order chi connectivity index (χ1) is 14.1. The van der Waals surface area contributed by atoms with Crippen molar-refractivity contribution in [2.24, 2.45) is 0 Å². The molecule has 0 saturated heterocycles. The number of carbonyl (C=O) groups is 1. The number of aromatic nitrogens is 3. The number of hydrogen-bond donors (Lipinski definition) is 1. The summed E-state index contributed by atoms with van der Waals surface area (Å²) in [6, 6.07) is 14.2. The second kappa shape index (κ2) is 8.50. The molecule has 29 heavy (non-hydrogen) atoms. The molecule has 0 fully saturated rings. The van der Waals surface area contributed by atoms with E-state index in [1.807, 2.05) is 35.9 Å². The van der Waals surface area contributed by atoms with Gasteiger partial charge < -0.3 is 0 Å². The van der Waals surface area contributed by atoms with Crippen molar-refractivity contribution in [1.82, 2.24) is 15.0 Å². The van der Waals surface area contributed by atoms with Crippen LogP contribution in [0.3, 0.4) is 0 Å². The van der Waals surface area contributed by atoms with Gasteiger partial charge in [-0.05, 0) is 42.2 Å². The van der Waals surface area contributed by atoms with Crippen molar-refractivity contribution in [1.29, 1.82) is 0 Å². The molecule has 1 aromatic carbocycles. The van der Waals surface area contributed by atoms with Crippen LogP contribution in [0.4, 0.5) is 9.52 Å². The molecule has 0 unspecified atom stereocenters. The summed E-state index contributed by atoms with van der Waals surface area (Å²) in [4.78, 5) is 25.0. The van der Waals surface area contributed by atoms with Crippen LogP contribution >= 0.6 is 23.1 Å². The summed E-state index contributed by atoms with van der Waals surface area (Å²) in [5.41, 5.74) is 3.89. The maximum atomic E-state index is 13.1. The highest BCUT2D eigenvalue weighted by Crippen LogP contribution is 2.29. The number of amides is 1. The molecule has 0 bridgehead atoms. The number of rotatable bonds is 5. The molecule has 144 valence electrons. The highest BCUT2D eigenvalue weighted by molar-refractivity contribution is 7.98. The maximum absolute atomic E-state index is 13.1. The normalized spacial score (nSPS) is 10.7. The summed E-state index contributed by atoms with van der Waals surface area (Å²) < 4.78 is 13.1. The first-order valence-electron chi connectivity index (χ1n) is 8.62. The van der Waals surface area contributed by atoms with Crippen LogP contribution in [-0.4, -0.2) is 27.1 Å². The van der Waals surface area contributed by atoms with Gasteiger partial charge in [0.1, 0.15) is 5.03 Å². The van der Waals surface area contributed by atoms with Gasteiger partial charge in [-0.15, -0.1) is 23.1 Å². The summed E-state index contributed by atoms with van der Waals surface area (Å²) in [6.07, 6.45) is 5.04. The Balaban J connectivity index is 1.56. The number of halogens is 1. The molecule has 8 heteroatoms. The third-order valence-corrected chi connectivity index (χ3v) is 5.62. The van der Waals surface area contributed by atoms with E-state index in [-0.39, 0.29) is 5.91 Å². The van der Waals surface area contributed by atoms with E-state index in [0.29, 0.717) is 15.7 Å². The second-order valence-electron chi connectivity index (χ2n) is 6.00. The van der Waals surface area contributed by atoms with Gasteiger partial charge in [0.25, 0.3) is 5.91 Å². The van der Waals surface area contributed by atoms with Gasteiger partial charge in [-0.25, -0.2) is 15.0 Å². The number of carbonyl (C=O) groups excluding carboxylic acids is 1. The zero-order valence-corrected chi connectivity index (χ0v) is 16.9. The number of thiazole rings is 1. The molecule has 0 aliphatic carbocycles. The first kappa shape index (κ1) is 19.2. The lowest BCUT2D eigenvalue weighted by molar-refractivity contribution is 0.102. The van der Waals surface area contributed by atoms with Crippen molar-refractivity contribution >= 4 is 34.1 Å². The Bertz CT molecular complexity index is 1160. The summed E-state index contributed by atoms with van der Waals surface area (Å²) in [7, 11) is 0. The fourth-order valence-electron chi connectivity index (χ4n) is 2.76. The van der Waals surface area contributed by atoms with Crippen molar-refractivity contribution in [2.45, 2.75) is 5.03 Å². The molecular weight excluding hydrogens is 407 g/mol. The number of hydrogen-bond acceptors (Lipinski definition) is 6. The Morgan fingerprint density at radius 3 is 2.72 bits per heavy atom. The zero-order chi connectivity index (χ0) is 20.2. The molecule has 0 radical (unpaired) electrons. The zero-order valence-electron chi connectivity index (χ0n) is 15.3. The predicted octanol–water partition coefficient (Wildman–Crippen LogP) is 5.38. The van der Waals surface area contributed by atoms with E-state index in [1.54, 1.807) is 24.4 Å². The molecule has 0 aliphatic rings. The number of nitrogens with one attached hydrogen (secondary N) is 1. The smallest absolute Gasteiger partial charge is 0.260 e. The van der Waals surface area contributed by atoms with E-state index in [9.17, 15) is 9.18 Å². The minimum Gasteiger partial charge on any atom is -0.298 e. The van der Waals surface area contributed by atoms with Crippen molar-refractivity contribution in [3.05, 3.63) is 77.8 Å². The van der Waals surface area contributed by atoms with E-state index in [2.05, 4.69) is 20.3 Å². The largest absolute Gasteiger partial charge is 0.298 e. The van der Waals surface area contributed by atoms with E-state index in [1.165, 1.54) is 35.4 Å². The number of anilines is 1. The van der Waals surface area contributed by atoms with Gasteiger partial charge in [0, 0.05) is 28.9 Å². The van der Waals surface area contributed by atoms with Crippen LogP contribution in [0.5, 0.6) is 0 Å². The third kappa shape index (κ3) is 4.33. The molecule has 5 nitrogen and oxygen atoms in total. The van der Waals surface area contributed by atoms with Crippen LogP contribution < -0.4 is 5.32 Å². The quantitative estimate of drug-likeness (QED) is 0.345. The van der Waals surface area contributed by atoms with Crippen molar-refractivity contribution in [2.75, 3.05) is 11.6 Å². The maximum Gasteiger partial charge on any atom is 0.260 e. The summed E-state index contributed by atoms with van der Waals surface area (Å²) >= 11 is 2.77. The van der Waals surface area contributed by atoms with Crippen LogP contribution in [0, 0.1) is 5.95 Å². The van der Waals surface area contributed by atoms with E-state index in [4.69, 9.17) is 0 Å². The average Bonchev–Trinajstić information content (AvgIpc) is 3.23. The Kier molecular flexibility index (Phi) is 5.64. The lowest BCUT2D eigenvalue weighted by Gasteiger charge is -2.05. The Morgan fingerprint density at radius 1 is 1.07 bits per heavy atom. The van der Waals surface area contributed by atoms with E-state index >= 15 is 0 Å². The van der Waals surface area contributed by atoms with Crippen molar-refractivity contribution in [3.8, 4) is 22.4 Å². The van der Waals surface area contributed by atoms with Gasteiger partial charge in [-0.2, -0.15) is 4.39 Å². The standard InChI is InChI=1S/C21H15FN4OS2/c1-28-20-16(6-3-9-23-20)19(27)26-21-25-17(12-29-21)14-5-2-4-13(10-14)15-7-8-18(22)24-11-15/h2-12H,1H3,(H,25,26,27). The second-order valence-corrected chi connectivity index (χ2v) is 7.66. The fourth-order valence-corrected chi connectivity index (χ4v) is 4.02. The van der Waals surface area contributed by atoms with Crippen LogP contribution in [0.25, 0.3) is 22.4 Å². The van der Waals surface area contributed by atoms with Gasteiger partial charge in [-0.3, -0.25) is 10.1 Å². The Morgan fingerprint density at radius 2 is 1.93 bits per heavy atom. The molecule has 3 heterocycles. The number of pyridine rings is 2. The lowest BCUT2D eigenvalue weighted by atomic mass is 10.0. The molecule has 0 spiro atoms. The molecule has 4 rings (SSSR count). The molecular formula is C21H15FN4OS2. The van der Waals surface area contributed by atoms with Gasteiger partial charge in [-0.1, -0.05) is 18.2 Å². The summed E-state index contributed by atoms with van der Waals surface area (Å²) in [5, 5.41) is 5.90. The molecule has 0 aliphatic heterocycles. The Hall–Kier alpha value is -3.10. The highest BCUT2D eigenvalue weighted by atomic mass is 32.2. The predicted molar refractivity (Wildman–Crippen MR) is 115 cm³/mol. The Labute approximate surface area is 175 Å². The number of nitrogens with zero attached hydrogens (tertiary/aromatic N) is 3. The van der Waals surface area contributed by atoms with Crippen molar-refractivity contribution in [3.63, 3.8) is 0 Å². The number of thioether (sulfide) groups is 1. The summed E-state index contributed by atoms with van der Waals surface area (Å²) in [5.74, 6) is -0.752. The lowest BCUT2D eigenvalue weighted by Crippen LogP contribution is -2.13. The highest BCUT2D eigenvalue weighted by Gasteiger charge is 2.14. The minimum absolute atomic E-state index is 0.241. The fraction of sp³-hybridized carbons (Fsp3) is 0.0476. The van der Waals surface area contributed by atoms with Crippen LogP contribution in [0.2, 0.25) is 0 Å². The van der Waals surface area contributed by atoms with Crippen LogP contribution in [0.1, 0.15) is 10.4 Å². The molecule has 0 saturated carbocycles.